The Bertz CT molecular complexity index is 1230. The van der Waals surface area contributed by atoms with Crippen molar-refractivity contribution in [2.75, 3.05) is 24.8 Å². The Balaban J connectivity index is 1.49. The van der Waals surface area contributed by atoms with Crippen molar-refractivity contribution in [3.63, 3.8) is 0 Å². The first-order chi connectivity index (χ1) is 15.8. The summed E-state index contributed by atoms with van der Waals surface area (Å²) in [5.41, 5.74) is 6.45. The van der Waals surface area contributed by atoms with E-state index in [1.165, 1.54) is 11.1 Å². The van der Waals surface area contributed by atoms with Crippen LogP contribution in [-0.4, -0.2) is 29.1 Å². The van der Waals surface area contributed by atoms with E-state index >= 15 is 0 Å². The second-order valence-corrected chi connectivity index (χ2v) is 7.79. The van der Waals surface area contributed by atoms with Crippen molar-refractivity contribution < 1.29 is 4.74 Å². The summed E-state index contributed by atoms with van der Waals surface area (Å²) in [6, 6.07) is 20.5. The van der Waals surface area contributed by atoms with E-state index in [0.29, 0.717) is 5.95 Å². The van der Waals surface area contributed by atoms with E-state index < -0.39 is 0 Å². The molecule has 4 aromatic rings. The molecule has 0 fully saturated rings. The van der Waals surface area contributed by atoms with Gasteiger partial charge in [-0.3, -0.25) is 4.98 Å². The van der Waals surface area contributed by atoms with E-state index in [0.717, 1.165) is 46.9 Å². The van der Waals surface area contributed by atoms with Gasteiger partial charge in [0.05, 0.1) is 12.8 Å². The molecule has 1 aliphatic carbocycles. The molecular weight excluding hydrogens is 398 g/mol. The summed E-state index contributed by atoms with van der Waals surface area (Å²) in [5, 5.41) is 6.63. The van der Waals surface area contributed by atoms with E-state index in [1.54, 1.807) is 13.3 Å². The number of hydrogen-bond acceptors (Lipinski definition) is 6. The first-order valence-electron chi connectivity index (χ1n) is 10.8. The molecule has 2 aromatic carbocycles. The smallest absolute Gasteiger partial charge is 0.229 e. The fourth-order valence-electron chi connectivity index (χ4n) is 4.39. The molecule has 5 rings (SSSR count). The molecule has 0 spiro atoms. The maximum Gasteiger partial charge on any atom is 0.229 e. The molecule has 0 radical (unpaired) electrons. The van der Waals surface area contributed by atoms with E-state index in [1.807, 2.05) is 49.6 Å². The summed E-state index contributed by atoms with van der Waals surface area (Å²) in [6.45, 7) is 0. The molecule has 32 heavy (non-hydrogen) atoms. The van der Waals surface area contributed by atoms with Gasteiger partial charge in [0, 0.05) is 53.8 Å². The number of benzene rings is 2. The van der Waals surface area contributed by atoms with Gasteiger partial charge in [-0.2, -0.15) is 4.98 Å². The van der Waals surface area contributed by atoms with Crippen molar-refractivity contribution in [1.29, 1.82) is 0 Å². The van der Waals surface area contributed by atoms with Gasteiger partial charge in [-0.05, 0) is 36.6 Å². The number of aromatic nitrogens is 3. The van der Waals surface area contributed by atoms with Crippen LogP contribution in [0.15, 0.2) is 73.1 Å². The number of fused-ring (bicyclic) bond motifs is 1. The van der Waals surface area contributed by atoms with Gasteiger partial charge in [-0.15, -0.1) is 0 Å². The average Bonchev–Trinajstić information content (AvgIpc) is 3.28. The van der Waals surface area contributed by atoms with Crippen molar-refractivity contribution in [3.8, 4) is 16.9 Å². The third-order valence-corrected chi connectivity index (χ3v) is 5.92. The predicted octanol–water partition coefficient (Wildman–Crippen LogP) is 5.41. The first-order valence-corrected chi connectivity index (χ1v) is 10.8. The molecule has 1 aliphatic rings. The van der Waals surface area contributed by atoms with Crippen LogP contribution in [0.4, 0.5) is 17.5 Å². The van der Waals surface area contributed by atoms with E-state index in [-0.39, 0.29) is 5.92 Å². The maximum atomic E-state index is 5.65. The third kappa shape index (κ3) is 3.75. The number of methoxy groups -OCH3 is 1. The Kier molecular flexibility index (Phi) is 5.42. The van der Waals surface area contributed by atoms with Crippen LogP contribution in [0.25, 0.3) is 11.1 Å². The molecule has 0 saturated heterocycles. The molecule has 0 bridgehead atoms. The zero-order chi connectivity index (χ0) is 21.9. The van der Waals surface area contributed by atoms with Gasteiger partial charge in [-0.1, -0.05) is 36.4 Å². The highest BCUT2D eigenvalue weighted by molar-refractivity contribution is 5.74. The molecule has 2 heterocycles. The molecule has 160 valence electrons. The summed E-state index contributed by atoms with van der Waals surface area (Å²) in [7, 11) is 3.59. The summed E-state index contributed by atoms with van der Waals surface area (Å²) >= 11 is 0. The highest BCUT2D eigenvalue weighted by Crippen LogP contribution is 2.40. The predicted molar refractivity (Wildman–Crippen MR) is 128 cm³/mol. The molecule has 0 amide bonds. The fourth-order valence-corrected chi connectivity index (χ4v) is 4.39. The van der Waals surface area contributed by atoms with Crippen LogP contribution in [0.1, 0.15) is 29.2 Å². The number of nitrogens with one attached hydrogen (secondary N) is 2. The van der Waals surface area contributed by atoms with Crippen molar-refractivity contribution in [1.82, 2.24) is 15.0 Å². The maximum absolute atomic E-state index is 5.65. The van der Waals surface area contributed by atoms with Crippen LogP contribution in [0.2, 0.25) is 0 Å². The van der Waals surface area contributed by atoms with Gasteiger partial charge in [0.1, 0.15) is 11.6 Å². The molecule has 1 unspecified atom stereocenters. The zero-order valence-electron chi connectivity index (χ0n) is 18.2. The van der Waals surface area contributed by atoms with Crippen molar-refractivity contribution in [2.45, 2.75) is 18.8 Å². The topological polar surface area (TPSA) is 72.0 Å². The lowest BCUT2D eigenvalue weighted by atomic mass is 9.97. The lowest BCUT2D eigenvalue weighted by Gasteiger charge is -2.16. The number of ether oxygens (including phenoxy) is 1. The summed E-state index contributed by atoms with van der Waals surface area (Å²) in [4.78, 5) is 13.9. The third-order valence-electron chi connectivity index (χ3n) is 5.92. The molecule has 2 N–H and O–H groups in total. The Hall–Kier alpha value is -3.93. The number of nitrogens with zero attached hydrogens (tertiary/aromatic N) is 3. The highest BCUT2D eigenvalue weighted by Gasteiger charge is 2.29. The van der Waals surface area contributed by atoms with Gasteiger partial charge in [0.2, 0.25) is 5.95 Å². The molecule has 0 aliphatic heterocycles. The van der Waals surface area contributed by atoms with Gasteiger partial charge < -0.3 is 15.4 Å². The van der Waals surface area contributed by atoms with Crippen molar-refractivity contribution >= 4 is 17.5 Å². The van der Waals surface area contributed by atoms with Gasteiger partial charge in [-0.25, -0.2) is 4.98 Å². The Labute approximate surface area is 187 Å². The van der Waals surface area contributed by atoms with Crippen molar-refractivity contribution in [2.24, 2.45) is 0 Å². The molecule has 6 nitrogen and oxygen atoms in total. The second kappa shape index (κ2) is 8.67. The molecule has 2 aromatic heterocycles. The Morgan fingerprint density at radius 2 is 1.88 bits per heavy atom. The normalized spacial score (nSPS) is 14.6. The van der Waals surface area contributed by atoms with Crippen LogP contribution < -0.4 is 15.4 Å². The molecule has 1 atom stereocenters. The summed E-state index contributed by atoms with van der Waals surface area (Å²) in [6.07, 6.45) is 5.61. The van der Waals surface area contributed by atoms with Crippen LogP contribution in [0.5, 0.6) is 5.75 Å². The van der Waals surface area contributed by atoms with Crippen LogP contribution in [0, 0.1) is 0 Å². The SMILES string of the molecule is CNc1nc(Nc2ccc(-c3cccnc3)c(OC)c2)nc2c1CCC2c1ccccc1. The first kappa shape index (κ1) is 20.0. The quantitative estimate of drug-likeness (QED) is 0.432. The minimum Gasteiger partial charge on any atom is -0.496 e. The summed E-state index contributed by atoms with van der Waals surface area (Å²) in [5.74, 6) is 2.51. The van der Waals surface area contributed by atoms with Crippen molar-refractivity contribution in [3.05, 3.63) is 89.9 Å². The minimum absolute atomic E-state index is 0.282. The summed E-state index contributed by atoms with van der Waals surface area (Å²) < 4.78 is 5.65. The largest absolute Gasteiger partial charge is 0.496 e. The van der Waals surface area contributed by atoms with Crippen LogP contribution in [0.3, 0.4) is 0 Å². The highest BCUT2D eigenvalue weighted by atomic mass is 16.5. The Morgan fingerprint density at radius 3 is 2.62 bits per heavy atom. The number of hydrogen-bond donors (Lipinski definition) is 2. The van der Waals surface area contributed by atoms with Crippen LogP contribution >= 0.6 is 0 Å². The average molecular weight is 424 g/mol. The number of pyridine rings is 1. The standard InChI is InChI=1S/C26H25N5O/c1-27-25-22-13-12-21(17-7-4-3-5-8-17)24(22)30-26(31-25)29-19-10-11-20(23(15-19)32-2)18-9-6-14-28-16-18/h3-11,14-16,21H,12-13H2,1-2H3,(H2,27,29,30,31). The van der Waals surface area contributed by atoms with Gasteiger partial charge >= 0.3 is 0 Å². The molecule has 0 saturated carbocycles. The lowest BCUT2D eigenvalue weighted by Crippen LogP contribution is -2.08. The molecule has 6 heteroatoms. The van der Waals surface area contributed by atoms with E-state index in [2.05, 4.69) is 39.9 Å². The lowest BCUT2D eigenvalue weighted by molar-refractivity contribution is 0.416. The fraction of sp³-hybridized carbons (Fsp3) is 0.192. The minimum atomic E-state index is 0.282. The monoisotopic (exact) mass is 423 g/mol. The number of rotatable bonds is 6. The van der Waals surface area contributed by atoms with Crippen LogP contribution in [-0.2, 0) is 6.42 Å². The molecular formula is C26H25N5O. The number of anilines is 3. The zero-order valence-corrected chi connectivity index (χ0v) is 18.2. The van der Waals surface area contributed by atoms with Gasteiger partial charge in [0.25, 0.3) is 0 Å². The second-order valence-electron chi connectivity index (χ2n) is 7.79. The van der Waals surface area contributed by atoms with E-state index in [4.69, 9.17) is 14.7 Å². The Morgan fingerprint density at radius 1 is 1.00 bits per heavy atom. The van der Waals surface area contributed by atoms with Gasteiger partial charge in [0.15, 0.2) is 0 Å². The van der Waals surface area contributed by atoms with E-state index in [9.17, 15) is 0 Å².